The Labute approximate surface area is 494 Å². The molecule has 0 unspecified atom stereocenters. The summed E-state index contributed by atoms with van der Waals surface area (Å²) in [4.78, 5) is 115. The minimum atomic E-state index is -1.55. The van der Waals surface area contributed by atoms with E-state index >= 15 is 0 Å². The quantitative estimate of drug-likeness (QED) is 0.0222. The number of esters is 1. The number of unbranched alkanes of at least 4 members (excludes halogenated alkanes) is 1. The molecule has 0 radical (unpaired) electrons. The van der Waals surface area contributed by atoms with Crippen molar-refractivity contribution in [3.63, 3.8) is 0 Å². The lowest BCUT2D eigenvalue weighted by Gasteiger charge is -2.41. The van der Waals surface area contributed by atoms with E-state index < -0.39 is 59.2 Å². The predicted octanol–water partition coefficient (Wildman–Crippen LogP) is 10.5. The van der Waals surface area contributed by atoms with Crippen molar-refractivity contribution in [2.45, 2.75) is 136 Å². The molecule has 17 heteroatoms. The topological polar surface area (TPSA) is 216 Å². The highest BCUT2D eigenvalue weighted by Crippen LogP contribution is 2.29. The standard InChI is InChI=1S/C67H83N5O12/c1-49(2)41-58(69-60(75)56(42-51-25-13-7-14-26-51)43-57(73)45-72(65(80)84-66(3,4)5)38-34-50-23-11-6-12-24-50)59(74)44-55(33-21-22-37-68-63(78)82-47-53-29-17-9-18-30-53)61(76)71-39-35-67(36-40-71,62(77)81-46-52-27-15-8-16-28-52)70-64(79)83-48-54-31-19-10-20-32-54/h6-20,23-32,49,55-56,58H,21-22,33-48H2,1-5H3,(H,68,78)(H,69,75)(H,70,79)/t55-,56-,58+/m0/s1. The maximum atomic E-state index is 14.9. The van der Waals surface area contributed by atoms with Crippen LogP contribution in [0.2, 0.25) is 0 Å². The summed E-state index contributed by atoms with van der Waals surface area (Å²) in [6, 6.07) is 45.3. The van der Waals surface area contributed by atoms with E-state index in [1.165, 1.54) is 4.90 Å². The Hall–Kier alpha value is -8.34. The van der Waals surface area contributed by atoms with Crippen LogP contribution in [-0.2, 0) is 75.6 Å². The summed E-state index contributed by atoms with van der Waals surface area (Å²) in [5, 5.41) is 8.58. The maximum Gasteiger partial charge on any atom is 0.410 e. The molecule has 448 valence electrons. The molecule has 17 nitrogen and oxygen atoms in total. The fourth-order valence-electron chi connectivity index (χ4n) is 9.95. The minimum Gasteiger partial charge on any atom is -0.459 e. The molecule has 3 N–H and O–H groups in total. The van der Waals surface area contributed by atoms with Gasteiger partial charge >= 0.3 is 24.2 Å². The van der Waals surface area contributed by atoms with Crippen LogP contribution in [0.1, 0.15) is 114 Å². The van der Waals surface area contributed by atoms with Crippen LogP contribution in [0.3, 0.4) is 0 Å². The molecule has 0 aromatic heterocycles. The van der Waals surface area contributed by atoms with Gasteiger partial charge < -0.3 is 44.7 Å². The fourth-order valence-corrected chi connectivity index (χ4v) is 9.95. The Balaban J connectivity index is 1.18. The van der Waals surface area contributed by atoms with Crippen molar-refractivity contribution in [2.24, 2.45) is 17.8 Å². The third-order valence-corrected chi connectivity index (χ3v) is 14.5. The molecule has 5 aromatic rings. The van der Waals surface area contributed by atoms with Gasteiger partial charge in [0.25, 0.3) is 0 Å². The number of rotatable bonds is 30. The maximum absolute atomic E-state index is 14.9. The normalized spacial score (nSPS) is 14.0. The van der Waals surface area contributed by atoms with E-state index in [0.29, 0.717) is 19.3 Å². The molecule has 0 saturated carbocycles. The molecule has 1 aliphatic heterocycles. The van der Waals surface area contributed by atoms with Crippen LogP contribution >= 0.6 is 0 Å². The number of amides is 5. The van der Waals surface area contributed by atoms with Crippen LogP contribution in [0.4, 0.5) is 14.4 Å². The molecule has 1 aliphatic rings. The van der Waals surface area contributed by atoms with Crippen LogP contribution in [0.5, 0.6) is 0 Å². The van der Waals surface area contributed by atoms with Crippen LogP contribution in [0.25, 0.3) is 0 Å². The zero-order chi connectivity index (χ0) is 60.3. The van der Waals surface area contributed by atoms with E-state index in [-0.39, 0.29) is 121 Å². The first-order valence-corrected chi connectivity index (χ1v) is 29.2. The largest absolute Gasteiger partial charge is 0.459 e. The number of ketones is 2. The lowest BCUT2D eigenvalue weighted by molar-refractivity contribution is -0.157. The van der Waals surface area contributed by atoms with E-state index in [2.05, 4.69) is 16.0 Å². The van der Waals surface area contributed by atoms with Gasteiger partial charge in [0, 0.05) is 50.9 Å². The van der Waals surface area contributed by atoms with Crippen LogP contribution in [0, 0.1) is 17.8 Å². The lowest BCUT2D eigenvalue weighted by atomic mass is 9.85. The molecule has 0 spiro atoms. The van der Waals surface area contributed by atoms with Crippen LogP contribution in [0.15, 0.2) is 152 Å². The van der Waals surface area contributed by atoms with Crippen LogP contribution in [-0.4, -0.2) is 107 Å². The first-order chi connectivity index (χ1) is 40.3. The van der Waals surface area contributed by atoms with Gasteiger partial charge in [-0.3, -0.25) is 19.2 Å². The molecule has 1 fully saturated rings. The number of nitrogens with zero attached hydrogens (tertiary/aromatic N) is 2. The Morgan fingerprint density at radius 3 is 1.63 bits per heavy atom. The van der Waals surface area contributed by atoms with E-state index in [4.69, 9.17) is 18.9 Å². The summed E-state index contributed by atoms with van der Waals surface area (Å²) in [5.41, 5.74) is 1.72. The Morgan fingerprint density at radius 1 is 0.607 bits per heavy atom. The first kappa shape index (κ1) is 64.8. The Morgan fingerprint density at radius 2 is 1.11 bits per heavy atom. The van der Waals surface area contributed by atoms with E-state index in [9.17, 15) is 38.4 Å². The highest BCUT2D eigenvalue weighted by atomic mass is 16.6. The van der Waals surface area contributed by atoms with Crippen molar-refractivity contribution in [2.75, 3.05) is 32.7 Å². The molecular formula is C67H83N5O12. The van der Waals surface area contributed by atoms with Crippen molar-refractivity contribution >= 4 is 47.6 Å². The molecule has 6 rings (SSSR count). The van der Waals surface area contributed by atoms with Gasteiger partial charge in [0.2, 0.25) is 11.8 Å². The lowest BCUT2D eigenvalue weighted by Crippen LogP contribution is -2.61. The van der Waals surface area contributed by atoms with Gasteiger partial charge in [-0.05, 0) is 99.5 Å². The van der Waals surface area contributed by atoms with Crippen molar-refractivity contribution in [3.05, 3.63) is 179 Å². The summed E-state index contributed by atoms with van der Waals surface area (Å²) in [5.74, 6) is -4.18. The molecule has 5 aromatic carbocycles. The molecule has 1 saturated heterocycles. The highest BCUT2D eigenvalue weighted by molar-refractivity contribution is 5.95. The second-order valence-corrected chi connectivity index (χ2v) is 23.0. The molecule has 0 aliphatic carbocycles. The van der Waals surface area contributed by atoms with Gasteiger partial charge in [0.05, 0.1) is 12.6 Å². The third kappa shape index (κ3) is 22.4. The van der Waals surface area contributed by atoms with Gasteiger partial charge in [0.1, 0.15) is 31.0 Å². The highest BCUT2D eigenvalue weighted by Gasteiger charge is 2.46. The SMILES string of the molecule is CC(C)C[C@@H](NC(=O)[C@H](CC(=O)CN(CCc1ccccc1)C(=O)OC(C)(C)C)Cc1ccccc1)C(=O)C[C@H](CCCCNC(=O)OCc1ccccc1)C(=O)N1CCC(NC(=O)OCc2ccccc2)(C(=O)OCc2ccccc2)CC1. The predicted molar refractivity (Wildman–Crippen MR) is 319 cm³/mol. The van der Waals surface area contributed by atoms with Gasteiger partial charge in [-0.2, -0.15) is 0 Å². The average Bonchev–Trinajstić information content (AvgIpc) is 3.67. The number of carbonyl (C=O) groups is 8. The van der Waals surface area contributed by atoms with Crippen LogP contribution < -0.4 is 16.0 Å². The summed E-state index contributed by atoms with van der Waals surface area (Å²) < 4.78 is 22.5. The van der Waals surface area contributed by atoms with Gasteiger partial charge in [-0.15, -0.1) is 0 Å². The number of nitrogens with one attached hydrogen (secondary N) is 3. The zero-order valence-corrected chi connectivity index (χ0v) is 49.3. The number of hydrogen-bond donors (Lipinski definition) is 3. The Kier molecular flexibility index (Phi) is 25.5. The second-order valence-electron chi connectivity index (χ2n) is 23.0. The summed E-state index contributed by atoms with van der Waals surface area (Å²) in [7, 11) is 0. The second kappa shape index (κ2) is 33.1. The zero-order valence-electron chi connectivity index (χ0n) is 49.3. The number of alkyl carbamates (subject to hydrolysis) is 2. The van der Waals surface area contributed by atoms with Crippen molar-refractivity contribution in [3.8, 4) is 0 Å². The minimum absolute atomic E-state index is 0.0153. The number of ether oxygens (including phenoxy) is 4. The summed E-state index contributed by atoms with van der Waals surface area (Å²) in [6.07, 6.45) is -0.604. The fraction of sp³-hybridized carbons (Fsp3) is 0.433. The summed E-state index contributed by atoms with van der Waals surface area (Å²) in [6.45, 7) is 9.29. The number of piperidine rings is 1. The van der Waals surface area contributed by atoms with Gasteiger partial charge in [-0.25, -0.2) is 19.2 Å². The van der Waals surface area contributed by atoms with E-state index in [0.717, 1.165) is 27.8 Å². The monoisotopic (exact) mass is 1150 g/mol. The number of benzene rings is 5. The summed E-state index contributed by atoms with van der Waals surface area (Å²) >= 11 is 0. The number of Topliss-reactive ketones (excluding diaryl/α,β-unsaturated/α-hetero) is 2. The molecule has 84 heavy (non-hydrogen) atoms. The number of likely N-dealkylation sites (tertiary alicyclic amines) is 1. The third-order valence-electron chi connectivity index (χ3n) is 14.5. The van der Waals surface area contributed by atoms with E-state index in [1.54, 1.807) is 25.7 Å². The number of hydrogen-bond acceptors (Lipinski definition) is 12. The average molecular weight is 1150 g/mol. The number of carbonyl (C=O) groups excluding carboxylic acids is 8. The molecule has 3 atom stereocenters. The molecular weight excluding hydrogens is 1070 g/mol. The molecule has 0 bridgehead atoms. The van der Waals surface area contributed by atoms with Crippen molar-refractivity contribution in [1.82, 2.24) is 25.8 Å². The van der Waals surface area contributed by atoms with Gasteiger partial charge in [0.15, 0.2) is 11.6 Å². The van der Waals surface area contributed by atoms with Crippen molar-refractivity contribution in [1.29, 1.82) is 0 Å². The molecule has 5 amide bonds. The van der Waals surface area contributed by atoms with Crippen molar-refractivity contribution < 1.29 is 57.3 Å². The molecule has 1 heterocycles. The Bertz CT molecular complexity index is 2880. The van der Waals surface area contributed by atoms with Gasteiger partial charge in [-0.1, -0.05) is 172 Å². The van der Waals surface area contributed by atoms with E-state index in [1.807, 2.05) is 166 Å². The smallest absolute Gasteiger partial charge is 0.410 e. The first-order valence-electron chi connectivity index (χ1n) is 29.2.